The molecule has 0 radical (unpaired) electrons. The van der Waals surface area contributed by atoms with Gasteiger partial charge in [0.25, 0.3) is 11.2 Å². The first-order valence-electron chi connectivity index (χ1n) is 6.07. The van der Waals surface area contributed by atoms with Crippen molar-refractivity contribution < 1.29 is 4.92 Å². The Morgan fingerprint density at radius 1 is 1.39 bits per heavy atom. The SMILES string of the molecule is CCN(CC)CCn1cc([N+](=O)[O-])c(C)cc1=O. The second-order valence-electron chi connectivity index (χ2n) is 4.16. The van der Waals surface area contributed by atoms with Crippen molar-refractivity contribution >= 4 is 5.69 Å². The largest absolute Gasteiger partial charge is 0.308 e. The van der Waals surface area contributed by atoms with Gasteiger partial charge < -0.3 is 9.47 Å². The van der Waals surface area contributed by atoms with Crippen molar-refractivity contribution in [2.24, 2.45) is 0 Å². The molecular weight excluding hydrogens is 234 g/mol. The average Bonchev–Trinajstić information content (AvgIpc) is 2.32. The Kier molecular flexibility index (Phi) is 5.03. The van der Waals surface area contributed by atoms with E-state index in [0.29, 0.717) is 18.7 Å². The zero-order chi connectivity index (χ0) is 13.7. The summed E-state index contributed by atoms with van der Waals surface area (Å²) in [5, 5.41) is 10.8. The minimum Gasteiger partial charge on any atom is -0.308 e. The van der Waals surface area contributed by atoms with Crippen LogP contribution in [0.1, 0.15) is 19.4 Å². The van der Waals surface area contributed by atoms with Crippen LogP contribution in [-0.4, -0.2) is 34.0 Å². The molecule has 1 aromatic rings. The maximum atomic E-state index is 11.7. The number of pyridine rings is 1. The molecule has 0 atom stereocenters. The summed E-state index contributed by atoms with van der Waals surface area (Å²) in [6.45, 7) is 8.66. The molecule has 0 fully saturated rings. The number of hydrogen-bond donors (Lipinski definition) is 0. The van der Waals surface area contributed by atoms with Crippen molar-refractivity contribution in [2.45, 2.75) is 27.3 Å². The Hall–Kier alpha value is -1.69. The van der Waals surface area contributed by atoms with E-state index in [0.717, 1.165) is 13.1 Å². The highest BCUT2D eigenvalue weighted by Crippen LogP contribution is 2.13. The summed E-state index contributed by atoms with van der Waals surface area (Å²) in [5.41, 5.74) is 0.212. The van der Waals surface area contributed by atoms with Crippen molar-refractivity contribution in [3.63, 3.8) is 0 Å². The van der Waals surface area contributed by atoms with E-state index in [1.165, 1.54) is 16.8 Å². The molecular formula is C12H19N3O3. The summed E-state index contributed by atoms with van der Waals surface area (Å²) in [5.74, 6) is 0. The van der Waals surface area contributed by atoms with Gasteiger partial charge in [-0.2, -0.15) is 0 Å². The third-order valence-corrected chi connectivity index (χ3v) is 3.05. The van der Waals surface area contributed by atoms with E-state index in [2.05, 4.69) is 4.90 Å². The molecule has 0 aliphatic rings. The van der Waals surface area contributed by atoms with Gasteiger partial charge in [0.15, 0.2) is 0 Å². The topological polar surface area (TPSA) is 68.4 Å². The Bertz CT molecular complexity index is 478. The molecule has 1 aromatic heterocycles. The summed E-state index contributed by atoms with van der Waals surface area (Å²) in [7, 11) is 0. The van der Waals surface area contributed by atoms with E-state index in [4.69, 9.17) is 0 Å². The van der Waals surface area contributed by atoms with Gasteiger partial charge in [-0.3, -0.25) is 14.9 Å². The Morgan fingerprint density at radius 3 is 2.50 bits per heavy atom. The van der Waals surface area contributed by atoms with Crippen LogP contribution < -0.4 is 5.56 Å². The van der Waals surface area contributed by atoms with E-state index in [9.17, 15) is 14.9 Å². The van der Waals surface area contributed by atoms with Gasteiger partial charge in [0.05, 0.1) is 11.1 Å². The minimum atomic E-state index is -0.456. The lowest BCUT2D eigenvalue weighted by atomic mass is 10.2. The number of rotatable bonds is 6. The van der Waals surface area contributed by atoms with Gasteiger partial charge in [0.1, 0.15) is 0 Å². The van der Waals surface area contributed by atoms with Crippen molar-refractivity contribution in [3.8, 4) is 0 Å². The summed E-state index contributed by atoms with van der Waals surface area (Å²) >= 11 is 0. The van der Waals surface area contributed by atoms with Gasteiger partial charge >= 0.3 is 0 Å². The maximum Gasteiger partial charge on any atom is 0.288 e. The molecule has 6 nitrogen and oxygen atoms in total. The highest BCUT2D eigenvalue weighted by molar-refractivity contribution is 5.35. The van der Waals surface area contributed by atoms with Crippen LogP contribution in [0.4, 0.5) is 5.69 Å². The number of nitrogens with zero attached hydrogens (tertiary/aromatic N) is 3. The molecule has 0 spiro atoms. The lowest BCUT2D eigenvalue weighted by Crippen LogP contribution is -2.30. The van der Waals surface area contributed by atoms with Crippen LogP contribution in [-0.2, 0) is 6.54 Å². The molecule has 0 saturated heterocycles. The first-order chi connectivity index (χ1) is 8.49. The smallest absolute Gasteiger partial charge is 0.288 e. The number of hydrogen-bond acceptors (Lipinski definition) is 4. The third-order valence-electron chi connectivity index (χ3n) is 3.05. The van der Waals surface area contributed by atoms with E-state index in [-0.39, 0.29) is 11.2 Å². The average molecular weight is 253 g/mol. The first-order valence-corrected chi connectivity index (χ1v) is 6.07. The standard InChI is InChI=1S/C12H19N3O3/c1-4-13(5-2)6-7-14-9-11(15(17)18)10(3)8-12(14)16/h8-9H,4-7H2,1-3H3. The predicted octanol–water partition coefficient (Wildman–Crippen LogP) is 1.41. The van der Waals surface area contributed by atoms with Crippen LogP contribution in [0.25, 0.3) is 0 Å². The quantitative estimate of drug-likeness (QED) is 0.567. The fourth-order valence-corrected chi connectivity index (χ4v) is 1.81. The van der Waals surface area contributed by atoms with Crippen molar-refractivity contribution in [1.82, 2.24) is 9.47 Å². The second-order valence-corrected chi connectivity index (χ2v) is 4.16. The van der Waals surface area contributed by atoms with Crippen molar-refractivity contribution in [1.29, 1.82) is 0 Å². The molecule has 0 aliphatic carbocycles. The maximum absolute atomic E-state index is 11.7. The monoisotopic (exact) mass is 253 g/mol. The van der Waals surface area contributed by atoms with E-state index in [1.54, 1.807) is 6.92 Å². The molecule has 18 heavy (non-hydrogen) atoms. The Labute approximate surface area is 106 Å². The summed E-state index contributed by atoms with van der Waals surface area (Å²) in [6.07, 6.45) is 1.33. The molecule has 0 aromatic carbocycles. The van der Waals surface area contributed by atoms with Gasteiger partial charge in [-0.1, -0.05) is 13.8 Å². The van der Waals surface area contributed by atoms with E-state index < -0.39 is 4.92 Å². The second kappa shape index (κ2) is 6.30. The fourth-order valence-electron chi connectivity index (χ4n) is 1.81. The first kappa shape index (κ1) is 14.4. The van der Waals surface area contributed by atoms with Gasteiger partial charge in [-0.25, -0.2) is 0 Å². The molecule has 6 heteroatoms. The van der Waals surface area contributed by atoms with Crippen LogP contribution in [0, 0.1) is 17.0 Å². The van der Waals surface area contributed by atoms with Crippen molar-refractivity contribution in [2.75, 3.05) is 19.6 Å². The Balaban J connectivity index is 2.92. The normalized spacial score (nSPS) is 10.9. The van der Waals surface area contributed by atoms with Crippen molar-refractivity contribution in [3.05, 3.63) is 38.3 Å². The predicted molar refractivity (Wildman–Crippen MR) is 69.9 cm³/mol. The lowest BCUT2D eigenvalue weighted by molar-refractivity contribution is -0.385. The Morgan fingerprint density at radius 2 is 2.00 bits per heavy atom. The third kappa shape index (κ3) is 3.40. The molecule has 0 aliphatic heterocycles. The van der Waals surface area contributed by atoms with Gasteiger partial charge in [-0.05, 0) is 20.0 Å². The lowest BCUT2D eigenvalue weighted by Gasteiger charge is -2.18. The van der Waals surface area contributed by atoms with Gasteiger partial charge in [0, 0.05) is 24.7 Å². The zero-order valence-electron chi connectivity index (χ0n) is 11.0. The van der Waals surface area contributed by atoms with Crippen LogP contribution >= 0.6 is 0 Å². The number of aryl methyl sites for hydroxylation is 1. The number of nitro groups is 1. The van der Waals surface area contributed by atoms with E-state index >= 15 is 0 Å². The van der Waals surface area contributed by atoms with Crippen LogP contribution in [0.15, 0.2) is 17.1 Å². The highest BCUT2D eigenvalue weighted by Gasteiger charge is 2.13. The van der Waals surface area contributed by atoms with Gasteiger partial charge in [-0.15, -0.1) is 0 Å². The zero-order valence-corrected chi connectivity index (χ0v) is 11.0. The van der Waals surface area contributed by atoms with Crippen LogP contribution in [0.5, 0.6) is 0 Å². The molecule has 0 unspecified atom stereocenters. The molecule has 0 bridgehead atoms. The van der Waals surface area contributed by atoms with Crippen LogP contribution in [0.3, 0.4) is 0 Å². The molecule has 0 amide bonds. The molecule has 100 valence electrons. The van der Waals surface area contributed by atoms with Gasteiger partial charge in [0.2, 0.25) is 0 Å². The molecule has 0 N–H and O–H groups in total. The molecule has 0 saturated carbocycles. The summed E-state index contributed by atoms with van der Waals surface area (Å²) in [4.78, 5) is 24.3. The number of likely N-dealkylation sites (N-methyl/N-ethyl adjacent to an activating group) is 1. The fraction of sp³-hybridized carbons (Fsp3) is 0.583. The van der Waals surface area contributed by atoms with Crippen LogP contribution in [0.2, 0.25) is 0 Å². The molecule has 1 heterocycles. The molecule has 1 rings (SSSR count). The summed E-state index contributed by atoms with van der Waals surface area (Å²) < 4.78 is 1.41. The summed E-state index contributed by atoms with van der Waals surface area (Å²) in [6, 6.07) is 1.32. The van der Waals surface area contributed by atoms with E-state index in [1.807, 2.05) is 13.8 Å². The highest BCUT2D eigenvalue weighted by atomic mass is 16.6. The number of aromatic nitrogens is 1. The minimum absolute atomic E-state index is 0.00542.